The van der Waals surface area contributed by atoms with Crippen molar-refractivity contribution in [3.8, 4) is 0 Å². The van der Waals surface area contributed by atoms with Crippen LogP contribution < -0.4 is 0 Å². The molecule has 4 aliphatic rings. The highest BCUT2D eigenvalue weighted by molar-refractivity contribution is 5.88. The zero-order valence-corrected chi connectivity index (χ0v) is 13.8. The second kappa shape index (κ2) is 4.66. The molecule has 0 amide bonds. The summed E-state index contributed by atoms with van der Waals surface area (Å²) in [6.07, 6.45) is 6.67. The molecule has 4 saturated carbocycles. The van der Waals surface area contributed by atoms with Crippen LogP contribution in [0.2, 0.25) is 0 Å². The molecule has 1 N–H and O–H groups in total. The number of rotatable bonds is 0. The van der Waals surface area contributed by atoms with Gasteiger partial charge in [-0.25, -0.2) is 0 Å². The Balaban J connectivity index is 1.69. The predicted molar refractivity (Wildman–Crippen MR) is 83.1 cm³/mol. The molecule has 0 aromatic carbocycles. The molecule has 0 aromatic rings. The van der Waals surface area contributed by atoms with E-state index in [0.717, 1.165) is 38.5 Å². The molecule has 4 aliphatic carbocycles. The van der Waals surface area contributed by atoms with Crippen LogP contribution in [0.15, 0.2) is 0 Å². The summed E-state index contributed by atoms with van der Waals surface area (Å²) in [5, 5.41) is 10.0. The molecule has 0 aromatic heterocycles. The van der Waals surface area contributed by atoms with Crippen LogP contribution in [0.5, 0.6) is 0 Å². The van der Waals surface area contributed by atoms with Crippen molar-refractivity contribution >= 4 is 11.6 Å². The lowest BCUT2D eigenvalue weighted by Gasteiger charge is -2.59. The summed E-state index contributed by atoms with van der Waals surface area (Å²) in [6, 6.07) is 0. The lowest BCUT2D eigenvalue weighted by atomic mass is 9.45. The Morgan fingerprint density at radius 2 is 1.82 bits per heavy atom. The summed E-state index contributed by atoms with van der Waals surface area (Å²) < 4.78 is 0. The molecule has 0 saturated heterocycles. The number of Topliss-reactive ketones (excluding diaryl/α,β-unsaturated/α-hetero) is 2. The number of ketones is 2. The number of fused-ring (bicyclic) bond motifs is 5. The van der Waals surface area contributed by atoms with E-state index in [1.165, 1.54) is 0 Å². The Morgan fingerprint density at radius 1 is 1.05 bits per heavy atom. The lowest BCUT2D eigenvalue weighted by Crippen LogP contribution is -2.57. The van der Waals surface area contributed by atoms with Gasteiger partial charge in [-0.15, -0.1) is 0 Å². The highest BCUT2D eigenvalue weighted by Gasteiger charge is 2.62. The van der Waals surface area contributed by atoms with Gasteiger partial charge in [-0.1, -0.05) is 13.8 Å². The third-order valence-electron chi connectivity index (χ3n) is 8.14. The molecule has 3 nitrogen and oxygen atoms in total. The van der Waals surface area contributed by atoms with E-state index in [-0.39, 0.29) is 22.9 Å². The van der Waals surface area contributed by atoms with E-state index in [1.54, 1.807) is 0 Å². The number of carbonyl (C=O) groups is 2. The Morgan fingerprint density at radius 3 is 2.59 bits per heavy atom. The molecular weight excluding hydrogens is 276 g/mol. The lowest BCUT2D eigenvalue weighted by molar-refractivity contribution is -0.160. The maximum atomic E-state index is 12.8. The normalized spacial score (nSPS) is 54.6. The van der Waals surface area contributed by atoms with E-state index < -0.39 is 0 Å². The van der Waals surface area contributed by atoms with Gasteiger partial charge in [0.1, 0.15) is 11.6 Å². The third-order valence-corrected chi connectivity index (χ3v) is 8.14. The van der Waals surface area contributed by atoms with Crippen LogP contribution in [0.1, 0.15) is 65.2 Å². The second-order valence-electron chi connectivity index (χ2n) is 8.95. The van der Waals surface area contributed by atoms with Crippen molar-refractivity contribution in [1.82, 2.24) is 0 Å². The monoisotopic (exact) mass is 304 g/mol. The number of aliphatic hydroxyl groups is 1. The summed E-state index contributed by atoms with van der Waals surface area (Å²) in [5.41, 5.74) is -0.0922. The smallest absolute Gasteiger partial charge is 0.139 e. The number of aliphatic hydroxyl groups excluding tert-OH is 1. The summed E-state index contributed by atoms with van der Waals surface area (Å²) in [5.74, 6) is 2.27. The third kappa shape index (κ3) is 1.78. The zero-order chi connectivity index (χ0) is 15.7. The van der Waals surface area contributed by atoms with Gasteiger partial charge < -0.3 is 5.11 Å². The molecule has 22 heavy (non-hydrogen) atoms. The molecule has 4 fully saturated rings. The van der Waals surface area contributed by atoms with Gasteiger partial charge in [0.05, 0.1) is 6.10 Å². The standard InChI is InChI=1S/C19H28O3/c1-18-7-5-11(20)9-15(18)16(21)10-12-13-3-4-17(22)19(13,2)8-6-14(12)18/h11-15,20H,3-10H2,1-2H3/t11?,12-,13-,14-,15?,18+,19-/m0/s1. The van der Waals surface area contributed by atoms with E-state index in [0.29, 0.717) is 42.2 Å². The quantitative estimate of drug-likeness (QED) is 0.748. The molecule has 0 heterocycles. The summed E-state index contributed by atoms with van der Waals surface area (Å²) >= 11 is 0. The van der Waals surface area contributed by atoms with Crippen molar-refractivity contribution in [3.05, 3.63) is 0 Å². The minimum atomic E-state index is -0.291. The minimum Gasteiger partial charge on any atom is -0.393 e. The van der Waals surface area contributed by atoms with Crippen molar-refractivity contribution in [2.75, 3.05) is 0 Å². The topological polar surface area (TPSA) is 54.4 Å². The first-order valence-corrected chi connectivity index (χ1v) is 9.10. The van der Waals surface area contributed by atoms with Crippen molar-refractivity contribution in [2.24, 2.45) is 34.5 Å². The van der Waals surface area contributed by atoms with Gasteiger partial charge in [0.2, 0.25) is 0 Å². The summed E-state index contributed by atoms with van der Waals surface area (Å²) in [6.45, 7) is 4.46. The van der Waals surface area contributed by atoms with Crippen LogP contribution in [0, 0.1) is 34.5 Å². The van der Waals surface area contributed by atoms with Gasteiger partial charge in [-0.3, -0.25) is 9.59 Å². The van der Waals surface area contributed by atoms with E-state index in [4.69, 9.17) is 0 Å². The second-order valence-corrected chi connectivity index (χ2v) is 8.95. The van der Waals surface area contributed by atoms with Crippen molar-refractivity contribution in [2.45, 2.75) is 71.3 Å². The Bertz CT molecular complexity index is 527. The molecule has 4 rings (SSSR count). The van der Waals surface area contributed by atoms with Gasteiger partial charge in [-0.05, 0) is 61.7 Å². The molecular formula is C19H28O3. The van der Waals surface area contributed by atoms with Gasteiger partial charge >= 0.3 is 0 Å². The average Bonchev–Trinajstić information content (AvgIpc) is 2.77. The first-order valence-electron chi connectivity index (χ1n) is 9.10. The fourth-order valence-corrected chi connectivity index (χ4v) is 6.79. The van der Waals surface area contributed by atoms with Gasteiger partial charge in [0.25, 0.3) is 0 Å². The highest BCUT2D eigenvalue weighted by atomic mass is 16.3. The SMILES string of the molecule is C[C@]12CCC(O)CC1C(=O)C[C@@H]1[C@@H]2CC[C@]2(C)C(=O)CC[C@@H]12. The maximum Gasteiger partial charge on any atom is 0.139 e. The van der Waals surface area contributed by atoms with Crippen LogP contribution in [0.4, 0.5) is 0 Å². The highest BCUT2D eigenvalue weighted by Crippen LogP contribution is 2.64. The molecule has 2 unspecified atom stereocenters. The fourth-order valence-electron chi connectivity index (χ4n) is 6.79. The Hall–Kier alpha value is -0.700. The minimum absolute atomic E-state index is 0.0546. The first kappa shape index (κ1) is 14.9. The van der Waals surface area contributed by atoms with Gasteiger partial charge in [0, 0.05) is 24.2 Å². The van der Waals surface area contributed by atoms with Crippen LogP contribution in [0.3, 0.4) is 0 Å². The number of hydrogen-bond acceptors (Lipinski definition) is 3. The Kier molecular flexibility index (Phi) is 3.15. The molecule has 0 spiro atoms. The van der Waals surface area contributed by atoms with Crippen molar-refractivity contribution < 1.29 is 14.7 Å². The molecule has 0 aliphatic heterocycles. The van der Waals surface area contributed by atoms with Gasteiger partial charge in [0.15, 0.2) is 0 Å². The predicted octanol–water partition coefficient (Wildman–Crippen LogP) is 3.14. The summed E-state index contributed by atoms with van der Waals surface area (Å²) in [7, 11) is 0. The maximum absolute atomic E-state index is 12.8. The number of hydrogen-bond donors (Lipinski definition) is 1. The van der Waals surface area contributed by atoms with Crippen LogP contribution >= 0.6 is 0 Å². The van der Waals surface area contributed by atoms with E-state index in [9.17, 15) is 14.7 Å². The van der Waals surface area contributed by atoms with Crippen LogP contribution in [-0.2, 0) is 9.59 Å². The van der Waals surface area contributed by atoms with Crippen LogP contribution in [-0.4, -0.2) is 22.8 Å². The van der Waals surface area contributed by atoms with E-state index in [2.05, 4.69) is 13.8 Å². The molecule has 122 valence electrons. The van der Waals surface area contributed by atoms with Crippen molar-refractivity contribution in [3.63, 3.8) is 0 Å². The molecule has 0 bridgehead atoms. The van der Waals surface area contributed by atoms with Gasteiger partial charge in [-0.2, -0.15) is 0 Å². The molecule has 0 radical (unpaired) electrons. The fraction of sp³-hybridized carbons (Fsp3) is 0.895. The average molecular weight is 304 g/mol. The van der Waals surface area contributed by atoms with Crippen molar-refractivity contribution in [1.29, 1.82) is 0 Å². The largest absolute Gasteiger partial charge is 0.393 e. The first-order chi connectivity index (χ1) is 10.4. The molecule has 3 heteroatoms. The van der Waals surface area contributed by atoms with E-state index in [1.807, 2.05) is 0 Å². The molecule has 7 atom stereocenters. The number of carbonyl (C=O) groups excluding carboxylic acids is 2. The Labute approximate surface area is 132 Å². The van der Waals surface area contributed by atoms with E-state index >= 15 is 0 Å². The van der Waals surface area contributed by atoms with Crippen LogP contribution in [0.25, 0.3) is 0 Å². The summed E-state index contributed by atoms with van der Waals surface area (Å²) in [4.78, 5) is 25.2. The zero-order valence-electron chi connectivity index (χ0n) is 13.8.